The molecule has 0 aromatic carbocycles. The Labute approximate surface area is 139 Å². The minimum Gasteiger partial charge on any atom is -0.350 e. The SMILES string of the molecule is C[C@@H]1CN(CCc2cccs2)CCN1c1ccc2nncn2n1. The van der Waals surface area contributed by atoms with Crippen LogP contribution in [0.2, 0.25) is 0 Å². The van der Waals surface area contributed by atoms with Gasteiger partial charge in [0.05, 0.1) is 0 Å². The first kappa shape index (κ1) is 14.6. The molecule has 4 heterocycles. The van der Waals surface area contributed by atoms with E-state index in [-0.39, 0.29) is 0 Å². The number of rotatable bonds is 4. The number of aromatic nitrogens is 4. The number of anilines is 1. The molecule has 4 rings (SSSR count). The fourth-order valence-corrected chi connectivity index (χ4v) is 3.87. The normalized spacial score (nSPS) is 19.5. The highest BCUT2D eigenvalue weighted by Gasteiger charge is 2.24. The zero-order valence-electron chi connectivity index (χ0n) is 13.2. The van der Waals surface area contributed by atoms with Crippen molar-refractivity contribution in [1.29, 1.82) is 0 Å². The zero-order valence-corrected chi connectivity index (χ0v) is 14.0. The zero-order chi connectivity index (χ0) is 15.6. The van der Waals surface area contributed by atoms with Gasteiger partial charge in [-0.2, -0.15) is 4.52 Å². The van der Waals surface area contributed by atoms with Crippen molar-refractivity contribution < 1.29 is 0 Å². The molecule has 3 aromatic heterocycles. The topological polar surface area (TPSA) is 49.6 Å². The van der Waals surface area contributed by atoms with E-state index in [1.54, 1.807) is 10.8 Å². The molecule has 120 valence electrons. The Kier molecular flexibility index (Phi) is 3.97. The third-order valence-corrected chi connectivity index (χ3v) is 5.34. The van der Waals surface area contributed by atoms with E-state index in [0.29, 0.717) is 6.04 Å². The van der Waals surface area contributed by atoms with Gasteiger partial charge in [0, 0.05) is 37.1 Å². The quantitative estimate of drug-likeness (QED) is 0.732. The Morgan fingerprint density at radius 1 is 1.26 bits per heavy atom. The summed E-state index contributed by atoms with van der Waals surface area (Å²) < 4.78 is 1.74. The van der Waals surface area contributed by atoms with Crippen LogP contribution < -0.4 is 4.90 Å². The number of thiophene rings is 1. The van der Waals surface area contributed by atoms with Crippen molar-refractivity contribution >= 4 is 22.8 Å². The van der Waals surface area contributed by atoms with Gasteiger partial charge in [-0.15, -0.1) is 26.6 Å². The van der Waals surface area contributed by atoms with Gasteiger partial charge >= 0.3 is 0 Å². The largest absolute Gasteiger partial charge is 0.350 e. The summed E-state index contributed by atoms with van der Waals surface area (Å²) in [6.45, 7) is 6.57. The van der Waals surface area contributed by atoms with Gasteiger partial charge < -0.3 is 4.90 Å². The monoisotopic (exact) mass is 328 g/mol. The van der Waals surface area contributed by atoms with Crippen molar-refractivity contribution in [1.82, 2.24) is 24.7 Å². The Morgan fingerprint density at radius 2 is 2.22 bits per heavy atom. The van der Waals surface area contributed by atoms with Crippen molar-refractivity contribution in [3.8, 4) is 0 Å². The van der Waals surface area contributed by atoms with Crippen molar-refractivity contribution in [2.75, 3.05) is 31.1 Å². The van der Waals surface area contributed by atoms with Crippen molar-refractivity contribution in [3.63, 3.8) is 0 Å². The molecule has 1 fully saturated rings. The fraction of sp³-hybridized carbons (Fsp3) is 0.438. The maximum Gasteiger partial charge on any atom is 0.177 e. The van der Waals surface area contributed by atoms with Gasteiger partial charge in [0.15, 0.2) is 5.65 Å². The highest BCUT2D eigenvalue weighted by Crippen LogP contribution is 2.19. The first-order valence-corrected chi connectivity index (χ1v) is 8.86. The molecule has 23 heavy (non-hydrogen) atoms. The van der Waals surface area contributed by atoms with Crippen molar-refractivity contribution in [3.05, 3.63) is 40.8 Å². The molecule has 1 saturated heterocycles. The predicted molar refractivity (Wildman–Crippen MR) is 92.1 cm³/mol. The molecule has 3 aromatic rings. The maximum absolute atomic E-state index is 4.62. The maximum atomic E-state index is 4.62. The molecular weight excluding hydrogens is 308 g/mol. The van der Waals surface area contributed by atoms with E-state index < -0.39 is 0 Å². The third-order valence-electron chi connectivity index (χ3n) is 4.41. The second-order valence-corrected chi connectivity index (χ2v) is 7.03. The van der Waals surface area contributed by atoms with Crippen LogP contribution in [0.4, 0.5) is 5.82 Å². The highest BCUT2D eigenvalue weighted by molar-refractivity contribution is 7.09. The lowest BCUT2D eigenvalue weighted by atomic mass is 10.1. The Balaban J connectivity index is 1.40. The summed E-state index contributed by atoms with van der Waals surface area (Å²) in [7, 11) is 0. The number of hydrogen-bond donors (Lipinski definition) is 0. The molecule has 0 radical (unpaired) electrons. The number of nitrogens with zero attached hydrogens (tertiary/aromatic N) is 6. The summed E-state index contributed by atoms with van der Waals surface area (Å²) in [5.41, 5.74) is 0.788. The lowest BCUT2D eigenvalue weighted by Crippen LogP contribution is -2.52. The Bertz CT molecular complexity index is 768. The van der Waals surface area contributed by atoms with Crippen LogP contribution in [-0.4, -0.2) is 56.9 Å². The molecule has 0 amide bonds. The molecular formula is C16H20N6S. The summed E-state index contributed by atoms with van der Waals surface area (Å²) in [4.78, 5) is 6.40. The van der Waals surface area contributed by atoms with Gasteiger partial charge in [-0.25, -0.2) is 0 Å². The average molecular weight is 328 g/mol. The van der Waals surface area contributed by atoms with Gasteiger partial charge in [-0.1, -0.05) is 6.07 Å². The summed E-state index contributed by atoms with van der Waals surface area (Å²) in [5.74, 6) is 1.00. The standard InChI is InChI=1S/C16H20N6S/c1-13-11-20(7-6-14-3-2-10-23-14)8-9-21(13)16-5-4-15-18-17-12-22(15)19-16/h2-5,10,12-13H,6-9,11H2,1H3/t13-/m1/s1. The van der Waals surface area contributed by atoms with Crippen LogP contribution in [0.1, 0.15) is 11.8 Å². The summed E-state index contributed by atoms with van der Waals surface area (Å²) in [5, 5.41) is 14.7. The molecule has 0 unspecified atom stereocenters. The predicted octanol–water partition coefficient (Wildman–Crippen LogP) is 1.94. The Hall–Kier alpha value is -1.99. The lowest BCUT2D eigenvalue weighted by Gasteiger charge is -2.40. The second-order valence-electron chi connectivity index (χ2n) is 6.00. The second kappa shape index (κ2) is 6.25. The summed E-state index contributed by atoms with van der Waals surface area (Å²) >= 11 is 1.85. The molecule has 0 N–H and O–H groups in total. The number of piperazine rings is 1. The average Bonchev–Trinajstić information content (AvgIpc) is 3.23. The van der Waals surface area contributed by atoms with Crippen LogP contribution >= 0.6 is 11.3 Å². The number of fused-ring (bicyclic) bond motifs is 1. The molecule has 0 aliphatic carbocycles. The van der Waals surface area contributed by atoms with E-state index in [1.807, 2.05) is 23.5 Å². The number of hydrogen-bond acceptors (Lipinski definition) is 6. The molecule has 1 aliphatic rings. The van der Waals surface area contributed by atoms with E-state index in [9.17, 15) is 0 Å². The summed E-state index contributed by atoms with van der Waals surface area (Å²) in [6.07, 6.45) is 2.80. The van der Waals surface area contributed by atoms with Crippen LogP contribution in [-0.2, 0) is 6.42 Å². The fourth-order valence-electron chi connectivity index (χ4n) is 3.17. The Morgan fingerprint density at radius 3 is 3.04 bits per heavy atom. The van der Waals surface area contributed by atoms with Crippen LogP contribution in [0, 0.1) is 0 Å². The first-order valence-electron chi connectivity index (χ1n) is 7.98. The molecule has 6 nitrogen and oxygen atoms in total. The van der Waals surface area contributed by atoms with Gasteiger partial charge in [0.1, 0.15) is 12.1 Å². The van der Waals surface area contributed by atoms with Gasteiger partial charge in [-0.3, -0.25) is 4.90 Å². The minimum absolute atomic E-state index is 0.452. The van der Waals surface area contributed by atoms with E-state index in [4.69, 9.17) is 0 Å². The highest BCUT2D eigenvalue weighted by atomic mass is 32.1. The molecule has 0 saturated carbocycles. The van der Waals surface area contributed by atoms with E-state index in [0.717, 1.165) is 44.1 Å². The van der Waals surface area contributed by atoms with Crippen LogP contribution in [0.3, 0.4) is 0 Å². The smallest absolute Gasteiger partial charge is 0.177 e. The van der Waals surface area contributed by atoms with Crippen molar-refractivity contribution in [2.45, 2.75) is 19.4 Å². The van der Waals surface area contributed by atoms with Crippen LogP contribution in [0.15, 0.2) is 36.0 Å². The van der Waals surface area contributed by atoms with Gasteiger partial charge in [0.25, 0.3) is 0 Å². The van der Waals surface area contributed by atoms with E-state index in [2.05, 4.69) is 49.5 Å². The molecule has 1 atom stereocenters. The summed E-state index contributed by atoms with van der Waals surface area (Å²) in [6, 6.07) is 8.83. The molecule has 7 heteroatoms. The lowest BCUT2D eigenvalue weighted by molar-refractivity contribution is 0.231. The third kappa shape index (κ3) is 3.07. The van der Waals surface area contributed by atoms with Crippen molar-refractivity contribution in [2.24, 2.45) is 0 Å². The first-order chi connectivity index (χ1) is 11.3. The molecule has 0 spiro atoms. The van der Waals surface area contributed by atoms with Crippen LogP contribution in [0.5, 0.6) is 0 Å². The van der Waals surface area contributed by atoms with E-state index in [1.165, 1.54) is 4.88 Å². The molecule has 1 aliphatic heterocycles. The van der Waals surface area contributed by atoms with Crippen LogP contribution in [0.25, 0.3) is 5.65 Å². The van der Waals surface area contributed by atoms with Gasteiger partial charge in [0.2, 0.25) is 0 Å². The molecule has 0 bridgehead atoms. The minimum atomic E-state index is 0.452. The van der Waals surface area contributed by atoms with E-state index >= 15 is 0 Å². The van der Waals surface area contributed by atoms with Gasteiger partial charge in [-0.05, 0) is 36.9 Å².